The molecule has 1 fully saturated rings. The smallest absolute Gasteiger partial charge is 0.165 e. The number of nitrogen functional groups attached to an aromatic ring is 1. The Hall–Kier alpha value is -1.10. The van der Waals surface area contributed by atoms with E-state index in [1.807, 2.05) is 0 Å². The molecular formula is C9H17N5. The minimum Gasteiger partial charge on any atom is -0.381 e. The van der Waals surface area contributed by atoms with Crippen LogP contribution in [0.25, 0.3) is 0 Å². The van der Waals surface area contributed by atoms with Crippen molar-refractivity contribution >= 4 is 5.82 Å². The Morgan fingerprint density at radius 2 is 2.50 bits per heavy atom. The summed E-state index contributed by atoms with van der Waals surface area (Å²) in [6, 6.07) is 0. The molecule has 2 rings (SSSR count). The number of piperidine rings is 1. The van der Waals surface area contributed by atoms with E-state index in [0.29, 0.717) is 11.7 Å². The van der Waals surface area contributed by atoms with E-state index in [1.165, 1.54) is 19.4 Å². The summed E-state index contributed by atoms with van der Waals surface area (Å²) in [5, 5.41) is 8.19. The first-order chi connectivity index (χ1) is 6.74. The van der Waals surface area contributed by atoms with Gasteiger partial charge < -0.3 is 10.6 Å². The molecule has 0 saturated carbocycles. The third-order valence-corrected chi connectivity index (χ3v) is 2.70. The van der Waals surface area contributed by atoms with Crippen molar-refractivity contribution in [3.8, 4) is 0 Å². The lowest BCUT2D eigenvalue weighted by atomic mass is 9.99. The van der Waals surface area contributed by atoms with Gasteiger partial charge in [0.05, 0.1) is 12.7 Å². The van der Waals surface area contributed by atoms with Gasteiger partial charge in [-0.05, 0) is 32.4 Å². The zero-order chi connectivity index (χ0) is 9.97. The number of nitrogens with two attached hydrogens (primary N) is 1. The summed E-state index contributed by atoms with van der Waals surface area (Å²) < 4.78 is 0. The van der Waals surface area contributed by atoms with E-state index in [-0.39, 0.29) is 0 Å². The largest absolute Gasteiger partial charge is 0.381 e. The van der Waals surface area contributed by atoms with Crippen LogP contribution in [0, 0.1) is 5.92 Å². The van der Waals surface area contributed by atoms with Gasteiger partial charge in [0.1, 0.15) is 0 Å². The molecule has 1 unspecified atom stereocenters. The predicted octanol–water partition coefficient (Wildman–Crippen LogP) is 0.202. The molecule has 14 heavy (non-hydrogen) atoms. The van der Waals surface area contributed by atoms with Crippen LogP contribution in [0.5, 0.6) is 0 Å². The van der Waals surface area contributed by atoms with Gasteiger partial charge >= 0.3 is 0 Å². The summed E-state index contributed by atoms with van der Waals surface area (Å²) in [7, 11) is 2.16. The van der Waals surface area contributed by atoms with Gasteiger partial charge in [0.15, 0.2) is 5.82 Å². The molecule has 0 amide bonds. The second kappa shape index (κ2) is 3.96. The van der Waals surface area contributed by atoms with Gasteiger partial charge in [-0.3, -0.25) is 0 Å². The van der Waals surface area contributed by atoms with Crippen molar-refractivity contribution in [2.45, 2.75) is 19.4 Å². The molecule has 78 valence electrons. The SMILES string of the molecule is CN1CCCC(Cn2ncc(N)n2)C1. The van der Waals surface area contributed by atoms with Crippen LogP contribution in [-0.4, -0.2) is 40.0 Å². The summed E-state index contributed by atoms with van der Waals surface area (Å²) in [6.45, 7) is 3.24. The van der Waals surface area contributed by atoms with Gasteiger partial charge in [-0.15, -0.1) is 5.10 Å². The van der Waals surface area contributed by atoms with Crippen LogP contribution < -0.4 is 5.73 Å². The maximum absolute atomic E-state index is 5.51. The van der Waals surface area contributed by atoms with E-state index < -0.39 is 0 Å². The highest BCUT2D eigenvalue weighted by atomic mass is 15.5. The summed E-state index contributed by atoms with van der Waals surface area (Å²) in [6.07, 6.45) is 4.15. The zero-order valence-electron chi connectivity index (χ0n) is 8.56. The molecule has 1 saturated heterocycles. The molecule has 1 atom stereocenters. The van der Waals surface area contributed by atoms with Crippen molar-refractivity contribution < 1.29 is 0 Å². The fourth-order valence-corrected chi connectivity index (χ4v) is 2.05. The van der Waals surface area contributed by atoms with Crippen molar-refractivity contribution in [3.63, 3.8) is 0 Å². The maximum Gasteiger partial charge on any atom is 0.165 e. The predicted molar refractivity (Wildman–Crippen MR) is 54.7 cm³/mol. The van der Waals surface area contributed by atoms with Crippen molar-refractivity contribution in [3.05, 3.63) is 6.20 Å². The number of anilines is 1. The highest BCUT2D eigenvalue weighted by Gasteiger charge is 2.18. The average Bonchev–Trinajstić information content (AvgIpc) is 2.51. The molecule has 0 radical (unpaired) electrons. The Kier molecular flexibility index (Phi) is 2.67. The number of likely N-dealkylation sites (tertiary alicyclic amines) is 1. The van der Waals surface area contributed by atoms with Crippen molar-refractivity contribution in [1.82, 2.24) is 19.9 Å². The normalized spacial score (nSPS) is 23.9. The van der Waals surface area contributed by atoms with Crippen molar-refractivity contribution in [2.75, 3.05) is 25.9 Å². The number of nitrogens with zero attached hydrogens (tertiary/aromatic N) is 4. The lowest BCUT2D eigenvalue weighted by Crippen LogP contribution is -2.34. The molecule has 0 aromatic carbocycles. The molecule has 1 aromatic rings. The first-order valence-electron chi connectivity index (χ1n) is 5.08. The Balaban J connectivity index is 1.90. The molecule has 5 nitrogen and oxygen atoms in total. The number of aromatic nitrogens is 3. The monoisotopic (exact) mass is 195 g/mol. The quantitative estimate of drug-likeness (QED) is 0.732. The van der Waals surface area contributed by atoms with Gasteiger partial charge in [0.2, 0.25) is 0 Å². The molecule has 0 bridgehead atoms. The minimum atomic E-state index is 0.508. The average molecular weight is 195 g/mol. The van der Waals surface area contributed by atoms with Crippen LogP contribution in [0.2, 0.25) is 0 Å². The number of hydrogen-bond acceptors (Lipinski definition) is 4. The van der Waals surface area contributed by atoms with Crippen LogP contribution in [0.1, 0.15) is 12.8 Å². The van der Waals surface area contributed by atoms with Crippen LogP contribution >= 0.6 is 0 Å². The number of rotatable bonds is 2. The standard InChI is InChI=1S/C9H17N5/c1-13-4-2-3-8(6-13)7-14-11-5-9(10)12-14/h5,8H,2-4,6-7H2,1H3,(H2,10,12). The Morgan fingerprint density at radius 3 is 3.14 bits per heavy atom. The van der Waals surface area contributed by atoms with E-state index >= 15 is 0 Å². The van der Waals surface area contributed by atoms with E-state index in [4.69, 9.17) is 5.73 Å². The third kappa shape index (κ3) is 2.23. The van der Waals surface area contributed by atoms with Crippen LogP contribution in [0.3, 0.4) is 0 Å². The lowest BCUT2D eigenvalue weighted by molar-refractivity contribution is 0.186. The fourth-order valence-electron chi connectivity index (χ4n) is 2.05. The maximum atomic E-state index is 5.51. The second-order valence-electron chi connectivity index (χ2n) is 4.09. The zero-order valence-corrected chi connectivity index (χ0v) is 8.56. The molecule has 5 heteroatoms. The molecule has 1 aliphatic rings. The van der Waals surface area contributed by atoms with Gasteiger partial charge in [-0.1, -0.05) is 0 Å². The first-order valence-corrected chi connectivity index (χ1v) is 5.08. The topological polar surface area (TPSA) is 60.0 Å². The van der Waals surface area contributed by atoms with Gasteiger partial charge in [0.25, 0.3) is 0 Å². The Labute approximate surface area is 83.9 Å². The molecule has 2 heterocycles. The van der Waals surface area contributed by atoms with E-state index in [1.54, 1.807) is 11.0 Å². The highest BCUT2D eigenvalue weighted by Crippen LogP contribution is 2.16. The van der Waals surface area contributed by atoms with E-state index in [9.17, 15) is 0 Å². The van der Waals surface area contributed by atoms with E-state index in [2.05, 4.69) is 22.1 Å². The van der Waals surface area contributed by atoms with Gasteiger partial charge in [-0.2, -0.15) is 9.90 Å². The summed E-state index contributed by atoms with van der Waals surface area (Å²) >= 11 is 0. The van der Waals surface area contributed by atoms with Crippen LogP contribution in [-0.2, 0) is 6.54 Å². The van der Waals surface area contributed by atoms with Crippen molar-refractivity contribution in [1.29, 1.82) is 0 Å². The summed E-state index contributed by atoms with van der Waals surface area (Å²) in [5.41, 5.74) is 5.51. The minimum absolute atomic E-state index is 0.508. The molecule has 1 aliphatic heterocycles. The van der Waals surface area contributed by atoms with Crippen LogP contribution in [0.4, 0.5) is 5.82 Å². The molecule has 0 aliphatic carbocycles. The highest BCUT2D eigenvalue weighted by molar-refractivity contribution is 5.19. The lowest BCUT2D eigenvalue weighted by Gasteiger charge is -2.29. The second-order valence-corrected chi connectivity index (χ2v) is 4.09. The molecule has 1 aromatic heterocycles. The Morgan fingerprint density at radius 1 is 1.64 bits per heavy atom. The van der Waals surface area contributed by atoms with Gasteiger partial charge in [0, 0.05) is 6.54 Å². The summed E-state index contributed by atoms with van der Waals surface area (Å²) in [4.78, 5) is 4.07. The Bertz CT molecular complexity index is 295. The van der Waals surface area contributed by atoms with Gasteiger partial charge in [-0.25, -0.2) is 0 Å². The van der Waals surface area contributed by atoms with Crippen LogP contribution in [0.15, 0.2) is 6.20 Å². The summed E-state index contributed by atoms with van der Waals surface area (Å²) in [5.74, 6) is 1.18. The first kappa shape index (κ1) is 9.45. The molecular weight excluding hydrogens is 178 g/mol. The van der Waals surface area contributed by atoms with E-state index in [0.717, 1.165) is 13.1 Å². The molecule has 0 spiro atoms. The third-order valence-electron chi connectivity index (χ3n) is 2.70. The number of hydrogen-bond donors (Lipinski definition) is 1. The molecule has 2 N–H and O–H groups in total. The van der Waals surface area contributed by atoms with Crippen molar-refractivity contribution in [2.24, 2.45) is 5.92 Å². The fraction of sp³-hybridized carbons (Fsp3) is 0.778.